The smallest absolute Gasteiger partial charge is 0.288 e. The minimum Gasteiger partial charge on any atom is -0.458 e. The molecule has 86 valence electrons. The molecule has 6 heteroatoms. The highest BCUT2D eigenvalue weighted by Gasteiger charge is 2.17. The van der Waals surface area contributed by atoms with Gasteiger partial charge in [-0.2, -0.15) is 0 Å². The zero-order chi connectivity index (χ0) is 10.8. The lowest BCUT2D eigenvalue weighted by molar-refractivity contribution is 0.0917. The Morgan fingerprint density at radius 3 is 2.67 bits per heavy atom. The second kappa shape index (κ2) is 5.53. The van der Waals surface area contributed by atoms with Crippen molar-refractivity contribution < 1.29 is 9.21 Å². The summed E-state index contributed by atoms with van der Waals surface area (Å²) < 4.78 is 5.63. The van der Waals surface area contributed by atoms with Crippen LogP contribution in [0.1, 0.15) is 24.4 Å². The van der Waals surface area contributed by atoms with Crippen LogP contribution in [0.2, 0.25) is 0 Å². The highest BCUT2D eigenvalue weighted by molar-refractivity contribution is 9.10. The van der Waals surface area contributed by atoms with Gasteiger partial charge in [-0.15, -0.1) is 12.4 Å². The van der Waals surface area contributed by atoms with E-state index in [9.17, 15) is 4.79 Å². The van der Waals surface area contributed by atoms with Crippen molar-refractivity contribution in [1.82, 2.24) is 5.32 Å². The van der Waals surface area contributed by atoms with Crippen LogP contribution in [0.5, 0.6) is 0 Å². The number of nitrogens with one attached hydrogen (secondary N) is 1. The van der Waals surface area contributed by atoms with Crippen LogP contribution in [0.4, 0.5) is 0 Å². The van der Waals surface area contributed by atoms with Crippen LogP contribution >= 0.6 is 28.3 Å². The molecule has 15 heavy (non-hydrogen) atoms. The van der Waals surface area contributed by atoms with Crippen molar-refractivity contribution in [1.29, 1.82) is 0 Å². The standard InChI is InChI=1S/C9H13BrN2O2.ClH/c1-9(2,11)5-12-8(13)7-6(10)3-4-14-7;/h3-4H,5,11H2,1-2H3,(H,12,13);1H. The molecule has 1 aromatic heterocycles. The molecule has 0 radical (unpaired) electrons. The lowest BCUT2D eigenvalue weighted by atomic mass is 10.1. The minimum absolute atomic E-state index is 0. The van der Waals surface area contributed by atoms with Crippen LogP contribution in [-0.4, -0.2) is 18.0 Å². The molecular weight excluding hydrogens is 283 g/mol. The largest absolute Gasteiger partial charge is 0.458 e. The van der Waals surface area contributed by atoms with Crippen LogP contribution in [0.25, 0.3) is 0 Å². The second-order valence-corrected chi connectivity index (χ2v) is 4.62. The number of hydrogen-bond donors (Lipinski definition) is 2. The van der Waals surface area contributed by atoms with Gasteiger partial charge < -0.3 is 15.5 Å². The molecule has 0 fully saturated rings. The van der Waals surface area contributed by atoms with Crippen molar-refractivity contribution >= 4 is 34.2 Å². The molecule has 0 atom stereocenters. The van der Waals surface area contributed by atoms with Crippen molar-refractivity contribution in [3.8, 4) is 0 Å². The van der Waals surface area contributed by atoms with Gasteiger partial charge in [0.15, 0.2) is 0 Å². The van der Waals surface area contributed by atoms with E-state index in [4.69, 9.17) is 10.2 Å². The molecule has 0 aliphatic rings. The van der Waals surface area contributed by atoms with Gasteiger partial charge in [0.2, 0.25) is 5.76 Å². The Kier molecular flexibility index (Phi) is 5.34. The van der Waals surface area contributed by atoms with E-state index in [1.54, 1.807) is 6.07 Å². The molecule has 0 spiro atoms. The quantitative estimate of drug-likeness (QED) is 0.896. The maximum atomic E-state index is 11.5. The fourth-order valence-corrected chi connectivity index (χ4v) is 1.23. The number of rotatable bonds is 3. The van der Waals surface area contributed by atoms with Crippen molar-refractivity contribution in [3.63, 3.8) is 0 Å². The molecule has 0 aliphatic heterocycles. The number of nitrogens with two attached hydrogens (primary N) is 1. The number of amides is 1. The molecule has 0 saturated carbocycles. The van der Waals surface area contributed by atoms with E-state index in [0.717, 1.165) is 0 Å². The molecule has 1 aromatic rings. The Morgan fingerprint density at radius 2 is 2.27 bits per heavy atom. The number of hydrogen-bond acceptors (Lipinski definition) is 3. The molecule has 4 nitrogen and oxygen atoms in total. The highest BCUT2D eigenvalue weighted by Crippen LogP contribution is 2.17. The maximum Gasteiger partial charge on any atom is 0.288 e. The lowest BCUT2D eigenvalue weighted by Gasteiger charge is -2.18. The van der Waals surface area contributed by atoms with Gasteiger partial charge in [-0.3, -0.25) is 4.79 Å². The zero-order valence-corrected chi connectivity index (χ0v) is 10.9. The van der Waals surface area contributed by atoms with E-state index >= 15 is 0 Å². The summed E-state index contributed by atoms with van der Waals surface area (Å²) in [5.41, 5.74) is 5.30. The summed E-state index contributed by atoms with van der Waals surface area (Å²) >= 11 is 3.20. The first-order valence-corrected chi connectivity index (χ1v) is 4.99. The number of carbonyl (C=O) groups excluding carboxylic acids is 1. The molecule has 0 unspecified atom stereocenters. The monoisotopic (exact) mass is 296 g/mol. The summed E-state index contributed by atoms with van der Waals surface area (Å²) in [5.74, 6) is 0.00894. The Bertz CT molecular complexity index is 333. The van der Waals surface area contributed by atoms with E-state index in [2.05, 4.69) is 21.2 Å². The first-order chi connectivity index (χ1) is 6.40. The Hall–Kier alpha value is -0.520. The summed E-state index contributed by atoms with van der Waals surface area (Å²) in [6.07, 6.45) is 1.45. The minimum atomic E-state index is -0.422. The first-order valence-electron chi connectivity index (χ1n) is 4.20. The van der Waals surface area contributed by atoms with E-state index in [1.165, 1.54) is 6.26 Å². The fraction of sp³-hybridized carbons (Fsp3) is 0.444. The molecule has 0 saturated heterocycles. The van der Waals surface area contributed by atoms with Crippen LogP contribution in [-0.2, 0) is 0 Å². The molecule has 1 heterocycles. The summed E-state index contributed by atoms with van der Waals surface area (Å²) in [6.45, 7) is 4.08. The maximum absolute atomic E-state index is 11.5. The molecule has 0 aromatic carbocycles. The topological polar surface area (TPSA) is 68.3 Å². The number of halogens is 2. The molecule has 3 N–H and O–H groups in total. The average molecular weight is 298 g/mol. The normalized spacial score (nSPS) is 10.7. The van der Waals surface area contributed by atoms with E-state index in [-0.39, 0.29) is 24.1 Å². The molecule has 1 amide bonds. The first kappa shape index (κ1) is 14.5. The van der Waals surface area contributed by atoms with Crippen molar-refractivity contribution in [2.75, 3.05) is 6.54 Å². The van der Waals surface area contributed by atoms with Crippen molar-refractivity contribution in [2.45, 2.75) is 19.4 Å². The highest BCUT2D eigenvalue weighted by atomic mass is 79.9. The van der Waals surface area contributed by atoms with Gasteiger partial charge in [0.1, 0.15) is 0 Å². The fourth-order valence-electron chi connectivity index (χ4n) is 0.844. The van der Waals surface area contributed by atoms with E-state index in [1.807, 2.05) is 13.8 Å². The van der Waals surface area contributed by atoms with E-state index in [0.29, 0.717) is 11.0 Å². The van der Waals surface area contributed by atoms with Gasteiger partial charge in [-0.05, 0) is 35.8 Å². The van der Waals surface area contributed by atoms with Gasteiger partial charge >= 0.3 is 0 Å². The molecule has 1 rings (SSSR count). The predicted octanol–water partition coefficient (Wildman–Crippen LogP) is 1.93. The lowest BCUT2D eigenvalue weighted by Crippen LogP contribution is -2.45. The second-order valence-electron chi connectivity index (χ2n) is 3.77. The SMILES string of the molecule is CC(C)(N)CNC(=O)c1occc1Br.Cl. The van der Waals surface area contributed by atoms with Gasteiger partial charge in [0.25, 0.3) is 5.91 Å². The zero-order valence-electron chi connectivity index (χ0n) is 8.54. The van der Waals surface area contributed by atoms with Gasteiger partial charge in [0.05, 0.1) is 10.7 Å². The van der Waals surface area contributed by atoms with Gasteiger partial charge in [-0.1, -0.05) is 0 Å². The molecular formula is C9H14BrClN2O2. The van der Waals surface area contributed by atoms with Crippen LogP contribution in [0.15, 0.2) is 21.2 Å². The number of carbonyl (C=O) groups is 1. The molecule has 0 aliphatic carbocycles. The summed E-state index contributed by atoms with van der Waals surface area (Å²) in [7, 11) is 0. The van der Waals surface area contributed by atoms with Crippen LogP contribution < -0.4 is 11.1 Å². The van der Waals surface area contributed by atoms with Crippen LogP contribution in [0.3, 0.4) is 0 Å². The molecule has 0 bridgehead atoms. The van der Waals surface area contributed by atoms with E-state index < -0.39 is 5.54 Å². The Balaban J connectivity index is 0.00000196. The van der Waals surface area contributed by atoms with Crippen molar-refractivity contribution in [2.24, 2.45) is 5.73 Å². The third kappa shape index (κ3) is 4.68. The number of furan rings is 1. The average Bonchev–Trinajstić information content (AvgIpc) is 2.46. The Labute approximate surface area is 103 Å². The predicted molar refractivity (Wildman–Crippen MR) is 64.3 cm³/mol. The third-order valence-corrected chi connectivity index (χ3v) is 2.15. The van der Waals surface area contributed by atoms with Gasteiger partial charge in [-0.25, -0.2) is 0 Å². The summed E-state index contributed by atoms with van der Waals surface area (Å²) in [4.78, 5) is 11.5. The van der Waals surface area contributed by atoms with Gasteiger partial charge in [0, 0.05) is 12.1 Å². The summed E-state index contributed by atoms with van der Waals surface area (Å²) in [5, 5.41) is 2.68. The third-order valence-electron chi connectivity index (χ3n) is 1.53. The van der Waals surface area contributed by atoms with Crippen LogP contribution in [0, 0.1) is 0 Å². The Morgan fingerprint density at radius 1 is 1.67 bits per heavy atom. The summed E-state index contributed by atoms with van der Waals surface area (Å²) in [6, 6.07) is 1.67. The van der Waals surface area contributed by atoms with Crippen molar-refractivity contribution in [3.05, 3.63) is 22.6 Å².